The number of thioether (sulfide) groups is 1. The van der Waals surface area contributed by atoms with Crippen LogP contribution in [0.3, 0.4) is 0 Å². The molecule has 0 aliphatic heterocycles. The largest absolute Gasteiger partial charge is 0.396 e. The molecule has 0 aliphatic rings. The fourth-order valence-corrected chi connectivity index (χ4v) is 3.75. The van der Waals surface area contributed by atoms with E-state index in [1.165, 1.54) is 17.8 Å². The molecular weight excluding hydrogens is 278 g/mol. The Morgan fingerprint density at radius 2 is 2.16 bits per heavy atom. The molecule has 19 heavy (non-hydrogen) atoms. The molecule has 0 unspecified atom stereocenters. The number of thiophene rings is 1. The van der Waals surface area contributed by atoms with Crippen LogP contribution in [0.15, 0.2) is 4.90 Å². The number of anilines is 2. The van der Waals surface area contributed by atoms with Gasteiger partial charge in [-0.05, 0) is 25.0 Å². The van der Waals surface area contributed by atoms with Crippen LogP contribution in [-0.2, 0) is 0 Å². The minimum Gasteiger partial charge on any atom is -0.396 e. The Labute approximate surface area is 123 Å². The molecule has 1 amide bonds. The van der Waals surface area contributed by atoms with Crippen molar-refractivity contribution in [3.63, 3.8) is 0 Å². The summed E-state index contributed by atoms with van der Waals surface area (Å²) < 4.78 is 0. The van der Waals surface area contributed by atoms with E-state index in [4.69, 9.17) is 5.73 Å². The van der Waals surface area contributed by atoms with Crippen LogP contribution in [0.2, 0.25) is 0 Å². The number of hydrogen-bond donors (Lipinski definition) is 3. The van der Waals surface area contributed by atoms with Gasteiger partial charge in [0.1, 0.15) is 9.88 Å². The lowest BCUT2D eigenvalue weighted by atomic mass is 10.1. The first-order chi connectivity index (χ1) is 9.01. The summed E-state index contributed by atoms with van der Waals surface area (Å²) in [6, 6.07) is 0. The fraction of sp³-hybridized carbons (Fsp3) is 0.615. The molecule has 1 rings (SSSR count). The molecule has 4 nitrogen and oxygen atoms in total. The second-order valence-electron chi connectivity index (χ2n) is 4.75. The Kier molecular flexibility index (Phi) is 6.51. The summed E-state index contributed by atoms with van der Waals surface area (Å²) in [5.74, 6) is 0.602. The molecule has 0 spiro atoms. The summed E-state index contributed by atoms with van der Waals surface area (Å²) in [5, 5.41) is 7.03. The van der Waals surface area contributed by atoms with Crippen LogP contribution in [-0.4, -0.2) is 25.8 Å². The number of hydrogen-bond acceptors (Lipinski definition) is 5. The Hall–Kier alpha value is -0.880. The molecule has 0 atom stereocenters. The Balaban J connectivity index is 2.74. The highest BCUT2D eigenvalue weighted by molar-refractivity contribution is 7.99. The topological polar surface area (TPSA) is 67.2 Å². The van der Waals surface area contributed by atoms with Gasteiger partial charge in [-0.3, -0.25) is 4.79 Å². The second kappa shape index (κ2) is 7.65. The molecule has 0 saturated heterocycles. The number of nitrogens with one attached hydrogen (secondary N) is 2. The molecule has 0 aliphatic carbocycles. The summed E-state index contributed by atoms with van der Waals surface area (Å²) >= 11 is 3.01. The average molecular weight is 301 g/mol. The number of nitrogens with two attached hydrogens (primary N) is 1. The smallest absolute Gasteiger partial charge is 0.263 e. The van der Waals surface area contributed by atoms with Gasteiger partial charge >= 0.3 is 0 Å². The summed E-state index contributed by atoms with van der Waals surface area (Å²) in [6.07, 6.45) is 4.30. The van der Waals surface area contributed by atoms with Crippen LogP contribution in [0.5, 0.6) is 0 Å². The molecule has 6 heteroatoms. The monoisotopic (exact) mass is 301 g/mol. The van der Waals surface area contributed by atoms with Gasteiger partial charge in [0.05, 0.1) is 10.6 Å². The van der Waals surface area contributed by atoms with Gasteiger partial charge in [0.25, 0.3) is 5.91 Å². The summed E-state index contributed by atoms with van der Waals surface area (Å²) in [7, 11) is 1.62. The Morgan fingerprint density at radius 1 is 1.47 bits per heavy atom. The van der Waals surface area contributed by atoms with E-state index in [1.54, 1.807) is 18.8 Å². The highest BCUT2D eigenvalue weighted by Crippen LogP contribution is 2.41. The minimum atomic E-state index is -0.118. The van der Waals surface area contributed by atoms with Gasteiger partial charge in [-0.1, -0.05) is 13.8 Å². The highest BCUT2D eigenvalue weighted by atomic mass is 32.2. The van der Waals surface area contributed by atoms with Crippen molar-refractivity contribution in [1.82, 2.24) is 5.32 Å². The number of nitrogen functional groups attached to an aromatic ring is 1. The average Bonchev–Trinajstić information content (AvgIpc) is 2.70. The molecule has 1 aromatic rings. The van der Waals surface area contributed by atoms with Crippen molar-refractivity contribution >= 4 is 39.7 Å². The van der Waals surface area contributed by atoms with Crippen molar-refractivity contribution in [2.45, 2.75) is 31.6 Å². The van der Waals surface area contributed by atoms with Crippen LogP contribution in [0.25, 0.3) is 0 Å². The van der Waals surface area contributed by atoms with Gasteiger partial charge < -0.3 is 16.4 Å². The second-order valence-corrected chi connectivity index (χ2v) is 6.59. The first-order valence-electron chi connectivity index (χ1n) is 6.43. The summed E-state index contributed by atoms with van der Waals surface area (Å²) in [5.41, 5.74) is 6.62. The van der Waals surface area contributed by atoms with Gasteiger partial charge in [-0.15, -0.1) is 23.1 Å². The lowest BCUT2D eigenvalue weighted by Crippen LogP contribution is -2.17. The van der Waals surface area contributed by atoms with Crippen molar-refractivity contribution in [3.8, 4) is 0 Å². The van der Waals surface area contributed by atoms with Gasteiger partial charge in [-0.25, -0.2) is 0 Å². The maximum absolute atomic E-state index is 11.7. The predicted octanol–water partition coefficient (Wildman–Crippen LogP) is 3.26. The third-order valence-corrected chi connectivity index (χ3v) is 4.90. The third-order valence-electron chi connectivity index (χ3n) is 2.78. The lowest BCUT2D eigenvalue weighted by molar-refractivity contribution is 0.0968. The van der Waals surface area contributed by atoms with Crippen molar-refractivity contribution < 1.29 is 4.79 Å². The summed E-state index contributed by atoms with van der Waals surface area (Å²) in [4.78, 5) is 13.3. The first kappa shape index (κ1) is 16.2. The minimum absolute atomic E-state index is 0.118. The number of amides is 1. The molecule has 0 fully saturated rings. The van der Waals surface area contributed by atoms with E-state index in [-0.39, 0.29) is 5.91 Å². The molecule has 0 saturated carbocycles. The zero-order valence-corrected chi connectivity index (χ0v) is 13.6. The van der Waals surface area contributed by atoms with Crippen molar-refractivity contribution in [2.24, 2.45) is 5.92 Å². The van der Waals surface area contributed by atoms with Crippen molar-refractivity contribution in [1.29, 1.82) is 0 Å². The first-order valence-corrected chi connectivity index (χ1v) is 8.47. The number of rotatable bonds is 7. The van der Waals surface area contributed by atoms with Gasteiger partial charge in [0.15, 0.2) is 0 Å². The molecule has 1 heterocycles. The lowest BCUT2D eigenvalue weighted by Gasteiger charge is -2.07. The van der Waals surface area contributed by atoms with E-state index in [2.05, 4.69) is 24.5 Å². The van der Waals surface area contributed by atoms with Crippen molar-refractivity contribution in [3.05, 3.63) is 4.88 Å². The highest BCUT2D eigenvalue weighted by Gasteiger charge is 2.19. The van der Waals surface area contributed by atoms with Crippen molar-refractivity contribution in [2.75, 3.05) is 30.9 Å². The maximum atomic E-state index is 11.7. The Morgan fingerprint density at radius 3 is 2.68 bits per heavy atom. The summed E-state index contributed by atoms with van der Waals surface area (Å²) in [6.45, 7) is 5.36. The quantitative estimate of drug-likeness (QED) is 0.534. The molecule has 108 valence electrons. The van der Waals surface area contributed by atoms with Crippen LogP contribution >= 0.6 is 23.1 Å². The van der Waals surface area contributed by atoms with E-state index < -0.39 is 0 Å². The Bertz CT molecular complexity index is 430. The van der Waals surface area contributed by atoms with Crippen LogP contribution < -0.4 is 16.4 Å². The molecule has 0 bridgehead atoms. The predicted molar refractivity (Wildman–Crippen MR) is 86.5 cm³/mol. The molecule has 0 radical (unpaired) electrons. The number of carbonyl (C=O) groups is 1. The van der Waals surface area contributed by atoms with E-state index in [0.29, 0.717) is 10.6 Å². The van der Waals surface area contributed by atoms with E-state index in [9.17, 15) is 4.79 Å². The van der Waals surface area contributed by atoms with Gasteiger partial charge in [-0.2, -0.15) is 0 Å². The van der Waals surface area contributed by atoms with Crippen LogP contribution in [0.1, 0.15) is 36.4 Å². The van der Waals surface area contributed by atoms with Gasteiger partial charge in [0.2, 0.25) is 0 Å². The zero-order valence-electron chi connectivity index (χ0n) is 12.0. The maximum Gasteiger partial charge on any atom is 0.263 e. The fourth-order valence-electron chi connectivity index (χ4n) is 1.74. The normalized spacial score (nSPS) is 10.8. The number of carbonyl (C=O) groups excluding carboxylic acids is 1. The molecule has 1 aromatic heterocycles. The molecule has 0 aromatic carbocycles. The van der Waals surface area contributed by atoms with Gasteiger partial charge in [0, 0.05) is 13.6 Å². The van der Waals surface area contributed by atoms with Crippen LogP contribution in [0, 0.1) is 5.92 Å². The molecular formula is C13H23N3OS2. The zero-order chi connectivity index (χ0) is 14.4. The van der Waals surface area contributed by atoms with E-state index in [0.717, 1.165) is 28.8 Å². The third kappa shape index (κ3) is 4.31. The van der Waals surface area contributed by atoms with E-state index in [1.807, 2.05) is 6.26 Å². The SMILES string of the molecule is CNC(=O)c1sc(NCCCC(C)C)c(SC)c1N. The van der Waals surface area contributed by atoms with E-state index >= 15 is 0 Å². The van der Waals surface area contributed by atoms with Crippen LogP contribution in [0.4, 0.5) is 10.7 Å². The standard InChI is InChI=1S/C13H23N3OS2/c1-8(2)6-5-7-16-13-11(18-4)9(14)10(19-13)12(17)15-3/h8,16H,5-7,14H2,1-4H3,(H,15,17). The molecule has 4 N–H and O–H groups in total.